The van der Waals surface area contributed by atoms with Crippen LogP contribution in [0.2, 0.25) is 0 Å². The van der Waals surface area contributed by atoms with Crippen LogP contribution in [0.4, 0.5) is 5.69 Å². The van der Waals surface area contributed by atoms with E-state index in [4.69, 9.17) is 10.2 Å². The fraction of sp³-hybridized carbons (Fsp3) is 0.400. The van der Waals surface area contributed by atoms with Crippen LogP contribution in [0.5, 0.6) is 0 Å². The number of carbonyl (C=O) groups excluding carboxylic acids is 1. The van der Waals surface area contributed by atoms with Gasteiger partial charge < -0.3 is 15.5 Å². The smallest absolute Gasteiger partial charge is 0.247 e. The molecule has 0 aliphatic rings. The quantitative estimate of drug-likeness (QED) is 0.904. The Morgan fingerprint density at radius 2 is 2.10 bits per heavy atom. The average molecular weight is 288 g/mol. The van der Waals surface area contributed by atoms with Crippen molar-refractivity contribution in [2.75, 3.05) is 5.32 Å². The van der Waals surface area contributed by atoms with Crippen LogP contribution >= 0.6 is 0 Å². The monoisotopic (exact) mass is 288 g/mol. The molecule has 1 aromatic heterocycles. The van der Waals surface area contributed by atoms with Crippen molar-refractivity contribution in [3.8, 4) is 11.5 Å². The molecule has 2 rings (SSSR count). The number of amides is 1. The standard InChI is InChI=1S/C15H20N4O2/c1-9-7-10(14-19-17-8-21-14)5-6-11(9)18-13(20)12(16)15(2,3)4/h5-8,12H,16H2,1-4H3,(H,18,20)/t12-/m1/s1. The summed E-state index contributed by atoms with van der Waals surface area (Å²) < 4.78 is 5.15. The molecular weight excluding hydrogens is 268 g/mol. The van der Waals surface area contributed by atoms with Crippen LogP contribution in [-0.4, -0.2) is 22.1 Å². The molecule has 1 amide bonds. The molecule has 0 bridgehead atoms. The van der Waals surface area contributed by atoms with Crippen molar-refractivity contribution in [2.45, 2.75) is 33.7 Å². The molecule has 0 unspecified atom stereocenters. The number of aryl methyl sites for hydroxylation is 1. The van der Waals surface area contributed by atoms with E-state index in [0.717, 1.165) is 16.8 Å². The fourth-order valence-corrected chi connectivity index (χ4v) is 1.84. The molecule has 0 saturated carbocycles. The average Bonchev–Trinajstić information content (AvgIpc) is 2.93. The van der Waals surface area contributed by atoms with Crippen LogP contribution in [0.15, 0.2) is 29.0 Å². The number of nitrogens with two attached hydrogens (primary N) is 1. The van der Waals surface area contributed by atoms with Gasteiger partial charge in [-0.15, -0.1) is 10.2 Å². The van der Waals surface area contributed by atoms with E-state index in [-0.39, 0.29) is 11.3 Å². The second-order valence-corrected chi connectivity index (χ2v) is 6.11. The first-order chi connectivity index (χ1) is 9.79. The van der Waals surface area contributed by atoms with Crippen molar-refractivity contribution in [1.29, 1.82) is 0 Å². The number of nitrogens with zero attached hydrogens (tertiary/aromatic N) is 2. The van der Waals surface area contributed by atoms with Crippen molar-refractivity contribution >= 4 is 11.6 Å². The summed E-state index contributed by atoms with van der Waals surface area (Å²) in [6.07, 6.45) is 1.28. The van der Waals surface area contributed by atoms with Crippen molar-refractivity contribution < 1.29 is 9.21 Å². The molecule has 1 heterocycles. The third-order valence-electron chi connectivity index (χ3n) is 3.31. The second-order valence-electron chi connectivity index (χ2n) is 6.11. The molecule has 0 aliphatic heterocycles. The number of nitrogens with one attached hydrogen (secondary N) is 1. The molecule has 0 saturated heterocycles. The van der Waals surface area contributed by atoms with E-state index in [1.54, 1.807) is 0 Å². The largest absolute Gasteiger partial charge is 0.423 e. The number of carbonyl (C=O) groups is 1. The van der Waals surface area contributed by atoms with Gasteiger partial charge in [-0.05, 0) is 36.1 Å². The van der Waals surface area contributed by atoms with E-state index in [1.165, 1.54) is 6.39 Å². The Bertz CT molecular complexity index is 630. The fourth-order valence-electron chi connectivity index (χ4n) is 1.84. The maximum atomic E-state index is 12.1. The van der Waals surface area contributed by atoms with E-state index in [2.05, 4.69) is 15.5 Å². The zero-order valence-electron chi connectivity index (χ0n) is 12.7. The minimum atomic E-state index is -0.576. The molecule has 2 aromatic rings. The molecule has 6 heteroatoms. The highest BCUT2D eigenvalue weighted by Gasteiger charge is 2.27. The molecule has 1 atom stereocenters. The summed E-state index contributed by atoms with van der Waals surface area (Å²) in [7, 11) is 0. The predicted octanol–water partition coefficient (Wildman–Crippen LogP) is 2.36. The molecule has 0 radical (unpaired) electrons. The van der Waals surface area contributed by atoms with Crippen LogP contribution < -0.4 is 11.1 Å². The molecule has 1 aromatic carbocycles. The lowest BCUT2D eigenvalue weighted by atomic mass is 9.87. The summed E-state index contributed by atoms with van der Waals surface area (Å²) in [6.45, 7) is 7.70. The molecule has 21 heavy (non-hydrogen) atoms. The summed E-state index contributed by atoms with van der Waals surface area (Å²) in [4.78, 5) is 12.1. The van der Waals surface area contributed by atoms with Gasteiger partial charge in [-0.2, -0.15) is 0 Å². The summed E-state index contributed by atoms with van der Waals surface area (Å²) in [6, 6.07) is 4.93. The maximum absolute atomic E-state index is 12.1. The Morgan fingerprint density at radius 1 is 1.38 bits per heavy atom. The minimum absolute atomic E-state index is 0.198. The van der Waals surface area contributed by atoms with Gasteiger partial charge in [-0.3, -0.25) is 4.79 Å². The third kappa shape index (κ3) is 3.46. The van der Waals surface area contributed by atoms with Gasteiger partial charge in [0.2, 0.25) is 18.2 Å². The Morgan fingerprint density at radius 3 is 2.62 bits per heavy atom. The first kappa shape index (κ1) is 15.2. The summed E-state index contributed by atoms with van der Waals surface area (Å²) >= 11 is 0. The third-order valence-corrected chi connectivity index (χ3v) is 3.31. The van der Waals surface area contributed by atoms with Gasteiger partial charge in [-0.25, -0.2) is 0 Å². The van der Waals surface area contributed by atoms with Gasteiger partial charge in [0.15, 0.2) is 0 Å². The molecule has 3 N–H and O–H groups in total. The van der Waals surface area contributed by atoms with Crippen molar-refractivity contribution in [3.05, 3.63) is 30.2 Å². The predicted molar refractivity (Wildman–Crippen MR) is 80.5 cm³/mol. The summed E-state index contributed by atoms with van der Waals surface area (Å²) in [5.74, 6) is 0.249. The lowest BCUT2D eigenvalue weighted by Crippen LogP contribution is -2.45. The van der Waals surface area contributed by atoms with Gasteiger partial charge >= 0.3 is 0 Å². The van der Waals surface area contributed by atoms with E-state index in [0.29, 0.717) is 5.89 Å². The highest BCUT2D eigenvalue weighted by Crippen LogP contribution is 2.24. The zero-order valence-corrected chi connectivity index (χ0v) is 12.7. The van der Waals surface area contributed by atoms with Crippen LogP contribution in [0.1, 0.15) is 26.3 Å². The van der Waals surface area contributed by atoms with Gasteiger partial charge in [-0.1, -0.05) is 20.8 Å². The van der Waals surface area contributed by atoms with Crippen LogP contribution in [0.25, 0.3) is 11.5 Å². The molecule has 0 spiro atoms. The van der Waals surface area contributed by atoms with Crippen molar-refractivity contribution in [1.82, 2.24) is 10.2 Å². The molecule has 0 aliphatic carbocycles. The topological polar surface area (TPSA) is 94.0 Å². The first-order valence-corrected chi connectivity index (χ1v) is 6.72. The molecule has 6 nitrogen and oxygen atoms in total. The van der Waals surface area contributed by atoms with E-state index >= 15 is 0 Å². The highest BCUT2D eigenvalue weighted by molar-refractivity contribution is 5.96. The number of hydrogen-bond donors (Lipinski definition) is 2. The number of rotatable bonds is 3. The molecular formula is C15H20N4O2. The Labute approximate surface area is 123 Å². The van der Waals surface area contributed by atoms with E-state index in [9.17, 15) is 4.79 Å². The van der Waals surface area contributed by atoms with E-state index < -0.39 is 6.04 Å². The first-order valence-electron chi connectivity index (χ1n) is 6.72. The molecule has 112 valence electrons. The van der Waals surface area contributed by atoms with Gasteiger partial charge in [0, 0.05) is 11.3 Å². The number of hydrogen-bond acceptors (Lipinski definition) is 5. The van der Waals surface area contributed by atoms with Crippen LogP contribution in [-0.2, 0) is 4.79 Å². The van der Waals surface area contributed by atoms with Crippen LogP contribution in [0, 0.1) is 12.3 Å². The maximum Gasteiger partial charge on any atom is 0.247 e. The van der Waals surface area contributed by atoms with Gasteiger partial charge in [0.05, 0.1) is 6.04 Å². The second kappa shape index (κ2) is 5.65. The SMILES string of the molecule is Cc1cc(-c2nnco2)ccc1NC(=O)[C@@H](N)C(C)(C)C. The minimum Gasteiger partial charge on any atom is -0.423 e. The summed E-state index contributed by atoms with van der Waals surface area (Å²) in [5.41, 5.74) is 8.10. The number of aromatic nitrogens is 2. The number of benzene rings is 1. The van der Waals surface area contributed by atoms with Gasteiger partial charge in [0.25, 0.3) is 0 Å². The Balaban J connectivity index is 2.17. The Kier molecular flexibility index (Phi) is 4.09. The lowest BCUT2D eigenvalue weighted by molar-refractivity contribution is -0.119. The number of anilines is 1. The van der Waals surface area contributed by atoms with Crippen molar-refractivity contribution in [2.24, 2.45) is 11.1 Å². The molecule has 0 fully saturated rings. The lowest BCUT2D eigenvalue weighted by Gasteiger charge is -2.26. The van der Waals surface area contributed by atoms with Crippen molar-refractivity contribution in [3.63, 3.8) is 0 Å². The van der Waals surface area contributed by atoms with Crippen LogP contribution in [0.3, 0.4) is 0 Å². The normalized spacial score (nSPS) is 13.0. The van der Waals surface area contributed by atoms with E-state index in [1.807, 2.05) is 45.9 Å². The Hall–Kier alpha value is -2.21. The van der Waals surface area contributed by atoms with Gasteiger partial charge in [0.1, 0.15) is 0 Å². The summed E-state index contributed by atoms with van der Waals surface area (Å²) in [5, 5.41) is 10.4. The zero-order chi connectivity index (χ0) is 15.6. The highest BCUT2D eigenvalue weighted by atomic mass is 16.4.